The maximum atomic E-state index is 10.4. The lowest BCUT2D eigenvalue weighted by Crippen LogP contribution is -2.19. The van der Waals surface area contributed by atoms with Crippen molar-refractivity contribution in [2.24, 2.45) is 0 Å². The summed E-state index contributed by atoms with van der Waals surface area (Å²) < 4.78 is 11.4. The van der Waals surface area contributed by atoms with Gasteiger partial charge >= 0.3 is 0 Å². The lowest BCUT2D eigenvalue weighted by atomic mass is 9.98. The van der Waals surface area contributed by atoms with E-state index in [1.54, 1.807) is 0 Å². The van der Waals surface area contributed by atoms with Crippen molar-refractivity contribution in [3.63, 3.8) is 0 Å². The van der Waals surface area contributed by atoms with Crippen LogP contribution in [0.25, 0.3) is 0 Å². The summed E-state index contributed by atoms with van der Waals surface area (Å²) in [5.74, 6) is 0.811. The summed E-state index contributed by atoms with van der Waals surface area (Å²) in [6, 6.07) is 7.79. The van der Waals surface area contributed by atoms with Crippen LogP contribution in [0.15, 0.2) is 24.3 Å². The van der Waals surface area contributed by atoms with Crippen LogP contribution >= 0.6 is 0 Å². The molecule has 112 valence electrons. The highest BCUT2D eigenvalue weighted by atomic mass is 16.5. The number of rotatable bonds is 7. The van der Waals surface area contributed by atoms with Crippen molar-refractivity contribution < 1.29 is 14.6 Å². The van der Waals surface area contributed by atoms with Gasteiger partial charge in [0.2, 0.25) is 0 Å². The molecule has 0 aliphatic carbocycles. The Kier molecular flexibility index (Phi) is 6.34. The third-order valence-corrected chi connectivity index (χ3v) is 3.78. The predicted molar refractivity (Wildman–Crippen MR) is 80.0 cm³/mol. The SMILES string of the molecule is CCCOc1ccccc1C(O)CCC1CCCCO1. The van der Waals surface area contributed by atoms with Gasteiger partial charge in [-0.3, -0.25) is 0 Å². The molecule has 1 saturated heterocycles. The number of hydrogen-bond donors (Lipinski definition) is 1. The minimum atomic E-state index is -0.464. The highest BCUT2D eigenvalue weighted by Gasteiger charge is 2.18. The molecule has 1 aromatic rings. The molecule has 3 nitrogen and oxygen atoms in total. The fraction of sp³-hybridized carbons (Fsp3) is 0.647. The summed E-state index contributed by atoms with van der Waals surface area (Å²) in [6.07, 6.45) is 6.03. The third kappa shape index (κ3) is 4.50. The van der Waals surface area contributed by atoms with Gasteiger partial charge in [-0.25, -0.2) is 0 Å². The van der Waals surface area contributed by atoms with E-state index in [2.05, 4.69) is 6.92 Å². The highest BCUT2D eigenvalue weighted by molar-refractivity contribution is 5.35. The Morgan fingerprint density at radius 2 is 2.20 bits per heavy atom. The average Bonchev–Trinajstić information content (AvgIpc) is 2.52. The van der Waals surface area contributed by atoms with E-state index in [4.69, 9.17) is 9.47 Å². The number of hydrogen-bond acceptors (Lipinski definition) is 3. The Bertz CT molecular complexity index is 386. The highest BCUT2D eigenvalue weighted by Crippen LogP contribution is 2.29. The van der Waals surface area contributed by atoms with Gasteiger partial charge in [-0.05, 0) is 44.6 Å². The Morgan fingerprint density at radius 1 is 1.35 bits per heavy atom. The predicted octanol–water partition coefficient (Wildman–Crippen LogP) is 3.86. The smallest absolute Gasteiger partial charge is 0.125 e. The van der Waals surface area contributed by atoms with E-state index in [0.717, 1.165) is 43.6 Å². The first-order valence-electron chi connectivity index (χ1n) is 7.82. The van der Waals surface area contributed by atoms with Gasteiger partial charge in [-0.1, -0.05) is 25.1 Å². The van der Waals surface area contributed by atoms with Crippen molar-refractivity contribution in [1.29, 1.82) is 0 Å². The van der Waals surface area contributed by atoms with Gasteiger partial charge in [0.05, 0.1) is 18.8 Å². The second-order valence-corrected chi connectivity index (χ2v) is 5.47. The van der Waals surface area contributed by atoms with Crippen LogP contribution in [0.2, 0.25) is 0 Å². The molecular weight excluding hydrogens is 252 g/mol. The number of para-hydroxylation sites is 1. The quantitative estimate of drug-likeness (QED) is 0.823. The van der Waals surface area contributed by atoms with E-state index in [1.165, 1.54) is 12.8 Å². The van der Waals surface area contributed by atoms with Crippen LogP contribution < -0.4 is 4.74 Å². The van der Waals surface area contributed by atoms with E-state index in [9.17, 15) is 5.11 Å². The van der Waals surface area contributed by atoms with Crippen molar-refractivity contribution in [1.82, 2.24) is 0 Å². The minimum absolute atomic E-state index is 0.321. The van der Waals surface area contributed by atoms with Crippen molar-refractivity contribution in [3.8, 4) is 5.75 Å². The van der Waals surface area contributed by atoms with Crippen LogP contribution in [0.1, 0.15) is 57.1 Å². The van der Waals surface area contributed by atoms with Crippen LogP contribution in [0, 0.1) is 0 Å². The van der Waals surface area contributed by atoms with Crippen LogP contribution in [0.4, 0.5) is 0 Å². The van der Waals surface area contributed by atoms with Crippen LogP contribution in [0.5, 0.6) is 5.75 Å². The van der Waals surface area contributed by atoms with Crippen LogP contribution in [-0.2, 0) is 4.74 Å². The molecule has 1 fully saturated rings. The first-order chi connectivity index (χ1) is 9.81. The minimum Gasteiger partial charge on any atom is -0.493 e. The maximum absolute atomic E-state index is 10.4. The van der Waals surface area contributed by atoms with Crippen molar-refractivity contribution in [2.75, 3.05) is 13.2 Å². The molecule has 3 heteroatoms. The second kappa shape index (κ2) is 8.28. The third-order valence-electron chi connectivity index (χ3n) is 3.78. The molecule has 2 unspecified atom stereocenters. The zero-order valence-corrected chi connectivity index (χ0v) is 12.4. The van der Waals surface area contributed by atoms with Gasteiger partial charge in [-0.2, -0.15) is 0 Å². The number of aliphatic hydroxyl groups excluding tert-OH is 1. The maximum Gasteiger partial charge on any atom is 0.125 e. The molecule has 1 N–H and O–H groups in total. The zero-order valence-electron chi connectivity index (χ0n) is 12.4. The van der Waals surface area contributed by atoms with Gasteiger partial charge in [-0.15, -0.1) is 0 Å². The van der Waals surface area contributed by atoms with E-state index < -0.39 is 6.10 Å². The molecule has 2 rings (SSSR count). The topological polar surface area (TPSA) is 38.7 Å². The molecule has 20 heavy (non-hydrogen) atoms. The van der Waals surface area contributed by atoms with Gasteiger partial charge in [0.1, 0.15) is 5.75 Å². The van der Waals surface area contributed by atoms with E-state index in [1.807, 2.05) is 24.3 Å². The molecule has 0 bridgehead atoms. The number of benzene rings is 1. The van der Waals surface area contributed by atoms with E-state index in [0.29, 0.717) is 12.7 Å². The lowest BCUT2D eigenvalue weighted by molar-refractivity contribution is 0.00195. The molecule has 0 spiro atoms. The van der Waals surface area contributed by atoms with Crippen LogP contribution in [-0.4, -0.2) is 24.4 Å². The second-order valence-electron chi connectivity index (χ2n) is 5.47. The van der Waals surface area contributed by atoms with E-state index in [-0.39, 0.29) is 0 Å². The summed E-state index contributed by atoms with van der Waals surface area (Å²) in [5.41, 5.74) is 0.900. The Morgan fingerprint density at radius 3 is 2.95 bits per heavy atom. The Labute approximate surface area is 121 Å². The molecular formula is C17H26O3. The Balaban J connectivity index is 1.88. The molecule has 0 saturated carbocycles. The van der Waals surface area contributed by atoms with E-state index >= 15 is 0 Å². The fourth-order valence-electron chi connectivity index (χ4n) is 2.63. The first kappa shape index (κ1) is 15.3. The van der Waals surface area contributed by atoms with Gasteiger partial charge in [0, 0.05) is 12.2 Å². The molecule has 1 aromatic carbocycles. The normalized spacial score (nSPS) is 20.6. The Hall–Kier alpha value is -1.06. The van der Waals surface area contributed by atoms with Gasteiger partial charge in [0.15, 0.2) is 0 Å². The monoisotopic (exact) mass is 278 g/mol. The molecule has 0 amide bonds. The number of aliphatic hydroxyl groups is 1. The molecule has 0 aromatic heterocycles. The van der Waals surface area contributed by atoms with Gasteiger partial charge in [0.25, 0.3) is 0 Å². The number of ether oxygens (including phenoxy) is 2. The van der Waals surface area contributed by atoms with Crippen LogP contribution in [0.3, 0.4) is 0 Å². The largest absolute Gasteiger partial charge is 0.493 e. The van der Waals surface area contributed by atoms with Crippen molar-refractivity contribution >= 4 is 0 Å². The summed E-state index contributed by atoms with van der Waals surface area (Å²) in [7, 11) is 0. The fourth-order valence-corrected chi connectivity index (χ4v) is 2.63. The zero-order chi connectivity index (χ0) is 14.2. The summed E-state index contributed by atoms with van der Waals surface area (Å²) >= 11 is 0. The first-order valence-corrected chi connectivity index (χ1v) is 7.82. The van der Waals surface area contributed by atoms with Gasteiger partial charge < -0.3 is 14.6 Å². The van der Waals surface area contributed by atoms with Crippen molar-refractivity contribution in [2.45, 2.75) is 57.7 Å². The standard InChI is InChI=1S/C17H26O3/c1-2-12-20-17-9-4-3-8-15(17)16(18)11-10-14-7-5-6-13-19-14/h3-4,8-9,14,16,18H,2,5-7,10-13H2,1H3. The molecule has 1 aliphatic heterocycles. The summed E-state index contributed by atoms with van der Waals surface area (Å²) in [6.45, 7) is 3.64. The summed E-state index contributed by atoms with van der Waals surface area (Å²) in [4.78, 5) is 0. The molecule has 2 atom stereocenters. The molecule has 1 heterocycles. The lowest BCUT2D eigenvalue weighted by Gasteiger charge is -2.24. The van der Waals surface area contributed by atoms with Crippen molar-refractivity contribution in [3.05, 3.63) is 29.8 Å². The molecule has 0 radical (unpaired) electrons. The summed E-state index contributed by atoms with van der Waals surface area (Å²) in [5, 5.41) is 10.4. The average molecular weight is 278 g/mol. The molecule has 1 aliphatic rings.